The van der Waals surface area contributed by atoms with Crippen molar-refractivity contribution in [2.45, 2.75) is 32.2 Å². The lowest BCUT2D eigenvalue weighted by molar-refractivity contribution is -0.385. The monoisotopic (exact) mass is 325 g/mol. The zero-order valence-corrected chi connectivity index (χ0v) is 13.2. The molecule has 1 aliphatic rings. The second kappa shape index (κ2) is 6.70. The smallest absolute Gasteiger partial charge is 0.275 e. The molecule has 3 N–H and O–H groups in total. The first kappa shape index (κ1) is 16.0. The minimum atomic E-state index is -0.672. The summed E-state index contributed by atoms with van der Waals surface area (Å²) in [5.74, 6) is -0.672. The summed E-state index contributed by atoms with van der Waals surface area (Å²) in [6.45, 7) is 0.325. The number of nitro groups is 1. The third-order valence-electron chi connectivity index (χ3n) is 4.43. The molecular formula is C18H19N3O3. The van der Waals surface area contributed by atoms with Crippen LogP contribution in [0.4, 0.5) is 11.4 Å². The Balaban J connectivity index is 1.85. The summed E-state index contributed by atoms with van der Waals surface area (Å²) in [6.07, 6.45) is 4.48. The molecule has 0 unspecified atom stereocenters. The maximum atomic E-state index is 11.3. The highest BCUT2D eigenvalue weighted by molar-refractivity contribution is 5.93. The van der Waals surface area contributed by atoms with Crippen LogP contribution < -0.4 is 11.1 Å². The predicted molar refractivity (Wildman–Crippen MR) is 92.0 cm³/mol. The second-order valence-corrected chi connectivity index (χ2v) is 5.97. The molecule has 1 amide bonds. The van der Waals surface area contributed by atoms with Crippen molar-refractivity contribution >= 4 is 17.3 Å². The van der Waals surface area contributed by atoms with E-state index in [2.05, 4.69) is 11.4 Å². The van der Waals surface area contributed by atoms with Gasteiger partial charge in [0, 0.05) is 29.4 Å². The molecule has 6 heteroatoms. The third kappa shape index (κ3) is 3.22. The van der Waals surface area contributed by atoms with E-state index < -0.39 is 10.8 Å². The van der Waals surface area contributed by atoms with Crippen molar-refractivity contribution in [2.24, 2.45) is 5.73 Å². The fourth-order valence-electron chi connectivity index (χ4n) is 3.17. The van der Waals surface area contributed by atoms with Crippen LogP contribution in [-0.2, 0) is 19.4 Å². The maximum absolute atomic E-state index is 11.3. The number of primary amides is 1. The van der Waals surface area contributed by atoms with Crippen molar-refractivity contribution in [2.75, 3.05) is 5.32 Å². The lowest BCUT2D eigenvalue weighted by atomic mass is 9.90. The van der Waals surface area contributed by atoms with Gasteiger partial charge in [0.1, 0.15) is 0 Å². The van der Waals surface area contributed by atoms with Crippen molar-refractivity contribution in [3.63, 3.8) is 0 Å². The Hall–Kier alpha value is -2.89. The molecule has 0 atom stereocenters. The van der Waals surface area contributed by atoms with Gasteiger partial charge in [-0.1, -0.05) is 12.1 Å². The summed E-state index contributed by atoms with van der Waals surface area (Å²) >= 11 is 0. The van der Waals surface area contributed by atoms with E-state index >= 15 is 0 Å². The Labute approximate surface area is 139 Å². The van der Waals surface area contributed by atoms with E-state index in [9.17, 15) is 14.9 Å². The SMILES string of the molecule is NC(=O)c1ccc(CNc2cccc3c2CCCC3)c([N+](=O)[O-])c1. The number of nitrogens with one attached hydrogen (secondary N) is 1. The normalized spacial score (nSPS) is 13.2. The van der Waals surface area contributed by atoms with E-state index in [1.54, 1.807) is 6.07 Å². The highest BCUT2D eigenvalue weighted by Crippen LogP contribution is 2.29. The van der Waals surface area contributed by atoms with E-state index in [1.165, 1.54) is 36.1 Å². The van der Waals surface area contributed by atoms with Crippen LogP contribution in [0.15, 0.2) is 36.4 Å². The summed E-state index contributed by atoms with van der Waals surface area (Å²) in [5.41, 5.74) is 9.46. The lowest BCUT2D eigenvalue weighted by Crippen LogP contribution is -2.13. The fraction of sp³-hybridized carbons (Fsp3) is 0.278. The molecule has 24 heavy (non-hydrogen) atoms. The van der Waals surface area contributed by atoms with E-state index in [-0.39, 0.29) is 11.3 Å². The molecule has 0 aliphatic heterocycles. The summed E-state index contributed by atoms with van der Waals surface area (Å²) in [7, 11) is 0. The van der Waals surface area contributed by atoms with Gasteiger partial charge in [-0.15, -0.1) is 0 Å². The average Bonchev–Trinajstić information content (AvgIpc) is 2.59. The molecule has 0 radical (unpaired) electrons. The topological polar surface area (TPSA) is 98.3 Å². The highest BCUT2D eigenvalue weighted by atomic mass is 16.6. The Morgan fingerprint density at radius 1 is 1.21 bits per heavy atom. The molecule has 2 aromatic rings. The number of nitrogens with zero attached hydrogens (tertiary/aromatic N) is 1. The first-order valence-corrected chi connectivity index (χ1v) is 7.98. The number of anilines is 1. The van der Waals surface area contributed by atoms with Gasteiger partial charge in [-0.2, -0.15) is 0 Å². The quantitative estimate of drug-likeness (QED) is 0.651. The van der Waals surface area contributed by atoms with Gasteiger partial charge in [0.15, 0.2) is 0 Å². The van der Waals surface area contributed by atoms with Gasteiger partial charge in [0.05, 0.1) is 4.92 Å². The number of benzene rings is 2. The van der Waals surface area contributed by atoms with Gasteiger partial charge in [0.25, 0.3) is 5.69 Å². The number of nitrogens with two attached hydrogens (primary N) is 1. The van der Waals surface area contributed by atoms with E-state index in [1.807, 2.05) is 12.1 Å². The molecule has 0 bridgehead atoms. The summed E-state index contributed by atoms with van der Waals surface area (Å²) in [4.78, 5) is 22.0. The van der Waals surface area contributed by atoms with Crippen LogP contribution in [0, 0.1) is 10.1 Å². The number of hydrogen-bond donors (Lipinski definition) is 2. The van der Waals surface area contributed by atoms with Gasteiger partial charge in [-0.3, -0.25) is 14.9 Å². The van der Waals surface area contributed by atoms with Gasteiger partial charge in [-0.25, -0.2) is 0 Å². The molecule has 0 saturated heterocycles. The largest absolute Gasteiger partial charge is 0.380 e. The number of rotatable bonds is 5. The number of fused-ring (bicyclic) bond motifs is 1. The Morgan fingerprint density at radius 3 is 2.75 bits per heavy atom. The number of carbonyl (C=O) groups is 1. The van der Waals surface area contributed by atoms with Crippen LogP contribution >= 0.6 is 0 Å². The van der Waals surface area contributed by atoms with Crippen LogP contribution in [-0.4, -0.2) is 10.8 Å². The zero-order chi connectivity index (χ0) is 17.1. The number of carbonyl (C=O) groups excluding carboxylic acids is 1. The molecule has 0 saturated carbocycles. The standard InChI is InChI=1S/C18H19N3O3/c19-18(22)13-8-9-14(17(10-13)21(23)24)11-20-16-7-3-5-12-4-1-2-6-15(12)16/h3,5,7-10,20H,1-2,4,6,11H2,(H2,19,22). The highest BCUT2D eigenvalue weighted by Gasteiger charge is 2.17. The van der Waals surface area contributed by atoms with Gasteiger partial charge in [-0.05, 0) is 55.0 Å². The number of aryl methyl sites for hydroxylation is 1. The molecule has 3 rings (SSSR count). The molecule has 0 fully saturated rings. The number of hydrogen-bond acceptors (Lipinski definition) is 4. The predicted octanol–water partition coefficient (Wildman–Crippen LogP) is 3.18. The Kier molecular flexibility index (Phi) is 4.46. The van der Waals surface area contributed by atoms with E-state index in [0.29, 0.717) is 12.1 Å². The third-order valence-corrected chi connectivity index (χ3v) is 4.43. The lowest BCUT2D eigenvalue weighted by Gasteiger charge is -2.20. The fourth-order valence-corrected chi connectivity index (χ4v) is 3.17. The Morgan fingerprint density at radius 2 is 2.00 bits per heavy atom. The van der Waals surface area contributed by atoms with Crippen molar-refractivity contribution in [1.29, 1.82) is 0 Å². The van der Waals surface area contributed by atoms with Crippen molar-refractivity contribution < 1.29 is 9.72 Å². The molecule has 0 spiro atoms. The first-order chi connectivity index (χ1) is 11.6. The second-order valence-electron chi connectivity index (χ2n) is 5.97. The average molecular weight is 325 g/mol. The van der Waals surface area contributed by atoms with Crippen LogP contribution in [0.5, 0.6) is 0 Å². The number of amides is 1. The molecule has 2 aromatic carbocycles. The summed E-state index contributed by atoms with van der Waals surface area (Å²) in [6, 6.07) is 10.5. The number of nitro benzene ring substituents is 1. The molecule has 124 valence electrons. The zero-order valence-electron chi connectivity index (χ0n) is 13.2. The van der Waals surface area contributed by atoms with Crippen molar-refractivity contribution in [3.8, 4) is 0 Å². The minimum Gasteiger partial charge on any atom is -0.380 e. The summed E-state index contributed by atoms with van der Waals surface area (Å²) < 4.78 is 0. The molecular weight excluding hydrogens is 306 g/mol. The van der Waals surface area contributed by atoms with Crippen molar-refractivity contribution in [1.82, 2.24) is 0 Å². The van der Waals surface area contributed by atoms with E-state index in [0.717, 1.165) is 18.5 Å². The first-order valence-electron chi connectivity index (χ1n) is 7.98. The van der Waals surface area contributed by atoms with E-state index in [4.69, 9.17) is 5.73 Å². The van der Waals surface area contributed by atoms with Crippen LogP contribution in [0.3, 0.4) is 0 Å². The van der Waals surface area contributed by atoms with Gasteiger partial charge < -0.3 is 11.1 Å². The van der Waals surface area contributed by atoms with Crippen molar-refractivity contribution in [3.05, 3.63) is 68.8 Å². The molecule has 6 nitrogen and oxygen atoms in total. The maximum Gasteiger partial charge on any atom is 0.275 e. The summed E-state index contributed by atoms with van der Waals surface area (Å²) in [5, 5.41) is 14.6. The van der Waals surface area contributed by atoms with Crippen LogP contribution in [0.25, 0.3) is 0 Å². The van der Waals surface area contributed by atoms with Crippen LogP contribution in [0.2, 0.25) is 0 Å². The van der Waals surface area contributed by atoms with Gasteiger partial charge >= 0.3 is 0 Å². The molecule has 0 aromatic heterocycles. The van der Waals surface area contributed by atoms with Crippen LogP contribution in [0.1, 0.15) is 39.9 Å². The minimum absolute atomic E-state index is 0.0939. The Bertz CT molecular complexity index is 802. The molecule has 0 heterocycles. The molecule has 1 aliphatic carbocycles. The van der Waals surface area contributed by atoms with Gasteiger partial charge in [0.2, 0.25) is 5.91 Å².